The zero-order valence-corrected chi connectivity index (χ0v) is 9.39. The van der Waals surface area contributed by atoms with Crippen LogP contribution in [0.1, 0.15) is 32.6 Å². The predicted molar refractivity (Wildman–Crippen MR) is 64.1 cm³/mol. The summed E-state index contributed by atoms with van der Waals surface area (Å²) in [7, 11) is 0. The Morgan fingerprint density at radius 2 is 1.60 bits per heavy atom. The first-order chi connectivity index (χ1) is 7.34. The topological polar surface area (TPSA) is 3.24 Å². The molecule has 1 aromatic rings. The van der Waals surface area contributed by atoms with Gasteiger partial charge in [-0.1, -0.05) is 25.1 Å². The lowest BCUT2D eigenvalue weighted by Gasteiger charge is -2.39. The Bertz CT molecular complexity index is 318. The van der Waals surface area contributed by atoms with Crippen molar-refractivity contribution in [2.45, 2.75) is 44.7 Å². The van der Waals surface area contributed by atoms with Gasteiger partial charge >= 0.3 is 0 Å². The molecular formula is C14H19N. The van der Waals surface area contributed by atoms with Gasteiger partial charge in [0.05, 0.1) is 0 Å². The van der Waals surface area contributed by atoms with Crippen molar-refractivity contribution < 1.29 is 0 Å². The molecule has 1 heteroatoms. The number of anilines is 1. The standard InChI is InChI=1S/C14H19N/c1-11-9-13-7-8-14(10-11)15(13)12-5-3-2-4-6-12/h2-6,11,13-14H,7-10H2,1H3. The molecule has 3 rings (SSSR count). The Balaban J connectivity index is 1.89. The van der Waals surface area contributed by atoms with Crippen LogP contribution < -0.4 is 4.90 Å². The van der Waals surface area contributed by atoms with Crippen LogP contribution in [0.5, 0.6) is 0 Å². The van der Waals surface area contributed by atoms with Gasteiger partial charge in [0.15, 0.2) is 0 Å². The van der Waals surface area contributed by atoms with Crippen molar-refractivity contribution in [1.82, 2.24) is 0 Å². The number of fused-ring (bicyclic) bond motifs is 2. The molecule has 1 aromatic carbocycles. The van der Waals surface area contributed by atoms with E-state index in [1.807, 2.05) is 0 Å². The number of benzene rings is 1. The van der Waals surface area contributed by atoms with E-state index in [1.165, 1.54) is 31.4 Å². The number of hydrogen-bond donors (Lipinski definition) is 0. The minimum absolute atomic E-state index is 0.821. The van der Waals surface area contributed by atoms with Gasteiger partial charge in [-0.3, -0.25) is 0 Å². The van der Waals surface area contributed by atoms with Crippen LogP contribution in [0.2, 0.25) is 0 Å². The van der Waals surface area contributed by atoms with Gasteiger partial charge in [-0.25, -0.2) is 0 Å². The fraction of sp³-hybridized carbons (Fsp3) is 0.571. The molecule has 0 spiro atoms. The minimum atomic E-state index is 0.821. The Morgan fingerprint density at radius 3 is 2.20 bits per heavy atom. The highest BCUT2D eigenvalue weighted by molar-refractivity contribution is 5.50. The third kappa shape index (κ3) is 1.54. The average Bonchev–Trinajstić information content (AvgIpc) is 2.53. The first kappa shape index (κ1) is 9.26. The molecule has 2 bridgehead atoms. The molecule has 2 unspecified atom stereocenters. The molecule has 0 amide bonds. The maximum absolute atomic E-state index is 2.68. The highest BCUT2D eigenvalue weighted by atomic mass is 15.2. The third-order valence-electron chi connectivity index (χ3n) is 4.02. The summed E-state index contributed by atoms with van der Waals surface area (Å²) in [5.74, 6) is 0.933. The van der Waals surface area contributed by atoms with Crippen LogP contribution in [0.3, 0.4) is 0 Å². The summed E-state index contributed by atoms with van der Waals surface area (Å²) in [4.78, 5) is 2.68. The lowest BCUT2D eigenvalue weighted by molar-refractivity contribution is 0.363. The third-order valence-corrected chi connectivity index (χ3v) is 4.02. The molecule has 80 valence electrons. The highest BCUT2D eigenvalue weighted by Gasteiger charge is 2.38. The normalized spacial score (nSPS) is 34.5. The zero-order chi connectivity index (χ0) is 10.3. The van der Waals surface area contributed by atoms with E-state index in [2.05, 4.69) is 42.2 Å². The summed E-state index contributed by atoms with van der Waals surface area (Å²) in [6.45, 7) is 2.41. The largest absolute Gasteiger partial charge is 0.366 e. The van der Waals surface area contributed by atoms with Crippen molar-refractivity contribution in [3.8, 4) is 0 Å². The van der Waals surface area contributed by atoms with Crippen molar-refractivity contribution in [3.63, 3.8) is 0 Å². The Morgan fingerprint density at radius 1 is 1.00 bits per heavy atom. The van der Waals surface area contributed by atoms with Gasteiger partial charge in [-0.05, 0) is 43.7 Å². The number of hydrogen-bond acceptors (Lipinski definition) is 1. The van der Waals surface area contributed by atoms with E-state index in [9.17, 15) is 0 Å². The molecule has 2 aliphatic rings. The van der Waals surface area contributed by atoms with E-state index in [-0.39, 0.29) is 0 Å². The molecule has 0 aromatic heterocycles. The van der Waals surface area contributed by atoms with Crippen molar-refractivity contribution >= 4 is 5.69 Å². The Labute approximate surface area is 92.1 Å². The van der Waals surface area contributed by atoms with Crippen LogP contribution in [-0.4, -0.2) is 12.1 Å². The fourth-order valence-corrected chi connectivity index (χ4v) is 3.47. The molecule has 1 nitrogen and oxygen atoms in total. The van der Waals surface area contributed by atoms with E-state index in [0.717, 1.165) is 18.0 Å². The molecule has 15 heavy (non-hydrogen) atoms. The first-order valence-corrected chi connectivity index (χ1v) is 6.18. The lowest BCUT2D eigenvalue weighted by Crippen LogP contribution is -2.42. The Hall–Kier alpha value is -0.980. The van der Waals surface area contributed by atoms with Crippen molar-refractivity contribution in [2.24, 2.45) is 5.92 Å². The summed E-state index contributed by atoms with van der Waals surface area (Å²) < 4.78 is 0. The van der Waals surface area contributed by atoms with Gasteiger partial charge in [-0.2, -0.15) is 0 Å². The van der Waals surface area contributed by atoms with Gasteiger partial charge in [0.2, 0.25) is 0 Å². The van der Waals surface area contributed by atoms with E-state index in [1.54, 1.807) is 0 Å². The molecule has 0 N–H and O–H groups in total. The second-order valence-corrected chi connectivity index (χ2v) is 5.20. The van der Waals surface area contributed by atoms with Crippen LogP contribution in [0.4, 0.5) is 5.69 Å². The summed E-state index contributed by atoms with van der Waals surface area (Å²) in [6.07, 6.45) is 5.60. The van der Waals surface area contributed by atoms with Crippen LogP contribution in [-0.2, 0) is 0 Å². The zero-order valence-electron chi connectivity index (χ0n) is 9.39. The van der Waals surface area contributed by atoms with Crippen LogP contribution in [0, 0.1) is 5.92 Å². The molecule has 0 aliphatic carbocycles. The van der Waals surface area contributed by atoms with E-state index < -0.39 is 0 Å². The predicted octanol–water partition coefficient (Wildman–Crippen LogP) is 3.45. The molecular weight excluding hydrogens is 182 g/mol. The monoisotopic (exact) mass is 201 g/mol. The van der Waals surface area contributed by atoms with Gasteiger partial charge in [0.1, 0.15) is 0 Å². The molecule has 0 radical (unpaired) electrons. The van der Waals surface area contributed by atoms with Crippen molar-refractivity contribution in [1.29, 1.82) is 0 Å². The van der Waals surface area contributed by atoms with Crippen molar-refractivity contribution in [3.05, 3.63) is 30.3 Å². The Kier molecular flexibility index (Phi) is 2.19. The first-order valence-electron chi connectivity index (χ1n) is 6.18. The lowest BCUT2D eigenvalue weighted by atomic mass is 9.92. The maximum Gasteiger partial charge on any atom is 0.0371 e. The molecule has 2 saturated heterocycles. The second kappa shape index (κ2) is 3.55. The second-order valence-electron chi connectivity index (χ2n) is 5.20. The maximum atomic E-state index is 2.68. The summed E-state index contributed by atoms with van der Waals surface area (Å²) in [5, 5.41) is 0. The molecule has 0 saturated carbocycles. The van der Waals surface area contributed by atoms with Crippen LogP contribution in [0.25, 0.3) is 0 Å². The molecule has 2 aliphatic heterocycles. The summed E-state index contributed by atoms with van der Waals surface area (Å²) >= 11 is 0. The van der Waals surface area contributed by atoms with Gasteiger partial charge < -0.3 is 4.90 Å². The van der Waals surface area contributed by atoms with Gasteiger partial charge in [0, 0.05) is 17.8 Å². The van der Waals surface area contributed by atoms with Crippen molar-refractivity contribution in [2.75, 3.05) is 4.90 Å². The highest BCUT2D eigenvalue weighted by Crippen LogP contribution is 2.41. The number of rotatable bonds is 1. The SMILES string of the molecule is CC1CC2CCC(C1)N2c1ccccc1. The van der Waals surface area contributed by atoms with Crippen LogP contribution in [0.15, 0.2) is 30.3 Å². The average molecular weight is 201 g/mol. The molecule has 2 atom stereocenters. The van der Waals surface area contributed by atoms with E-state index in [4.69, 9.17) is 0 Å². The molecule has 2 fully saturated rings. The molecule has 2 heterocycles. The van der Waals surface area contributed by atoms with Gasteiger partial charge in [-0.15, -0.1) is 0 Å². The minimum Gasteiger partial charge on any atom is -0.366 e. The number of piperidine rings is 1. The summed E-state index contributed by atoms with van der Waals surface area (Å²) in [5.41, 5.74) is 1.44. The van der Waals surface area contributed by atoms with E-state index in [0.29, 0.717) is 0 Å². The smallest absolute Gasteiger partial charge is 0.0371 e. The number of nitrogens with zero attached hydrogens (tertiary/aromatic N) is 1. The van der Waals surface area contributed by atoms with E-state index >= 15 is 0 Å². The number of para-hydroxylation sites is 1. The van der Waals surface area contributed by atoms with Gasteiger partial charge in [0.25, 0.3) is 0 Å². The summed E-state index contributed by atoms with van der Waals surface area (Å²) in [6, 6.07) is 12.6. The van der Waals surface area contributed by atoms with Crippen LogP contribution >= 0.6 is 0 Å². The fourth-order valence-electron chi connectivity index (χ4n) is 3.47. The quantitative estimate of drug-likeness (QED) is 0.672.